The summed E-state index contributed by atoms with van der Waals surface area (Å²) >= 11 is 0. The highest BCUT2D eigenvalue weighted by Gasteiger charge is 2.46. The molecule has 29 heavy (non-hydrogen) atoms. The quantitative estimate of drug-likeness (QED) is 0.304. The van der Waals surface area contributed by atoms with Gasteiger partial charge in [-0.15, -0.1) is 0 Å². The first-order chi connectivity index (χ1) is 14.0. The molecule has 0 atom stereocenters. The molecule has 1 aliphatic carbocycles. The zero-order valence-corrected chi connectivity index (χ0v) is 17.6. The molecule has 0 N–H and O–H groups in total. The van der Waals surface area contributed by atoms with Crippen LogP contribution in [0.2, 0.25) is 0 Å². The van der Waals surface area contributed by atoms with Crippen LogP contribution in [0.1, 0.15) is 44.5 Å². The topological polar surface area (TPSA) is 0 Å². The van der Waals surface area contributed by atoms with Gasteiger partial charge in [-0.25, -0.2) is 0 Å². The minimum absolute atomic E-state index is 0.291. The third kappa shape index (κ3) is 2.59. The summed E-state index contributed by atoms with van der Waals surface area (Å²) in [7, 11) is 0. The second-order valence-corrected chi connectivity index (χ2v) is 8.59. The fourth-order valence-electron chi connectivity index (χ4n) is 5.10. The van der Waals surface area contributed by atoms with Crippen LogP contribution in [0.25, 0.3) is 11.1 Å². The molecule has 0 radical (unpaired) electrons. The zero-order valence-electron chi connectivity index (χ0n) is 17.6. The van der Waals surface area contributed by atoms with Gasteiger partial charge in [0.25, 0.3) is 0 Å². The molecule has 4 aromatic carbocycles. The molecule has 0 amide bonds. The van der Waals surface area contributed by atoms with Gasteiger partial charge in [0.15, 0.2) is 0 Å². The van der Waals surface area contributed by atoms with Gasteiger partial charge in [0.2, 0.25) is 0 Å². The van der Waals surface area contributed by atoms with Crippen LogP contribution in [-0.4, -0.2) is 0 Å². The van der Waals surface area contributed by atoms with Crippen molar-refractivity contribution in [2.45, 2.75) is 33.1 Å². The first-order valence-corrected chi connectivity index (χ1v) is 10.4. The molecule has 0 bridgehead atoms. The maximum absolute atomic E-state index is 2.40. The summed E-state index contributed by atoms with van der Waals surface area (Å²) in [4.78, 5) is 0. The molecular formula is C29H26. The number of rotatable bonds is 2. The van der Waals surface area contributed by atoms with E-state index in [1.165, 1.54) is 55.6 Å². The number of benzene rings is 4. The highest BCUT2D eigenvalue weighted by atomic mass is 14.5. The van der Waals surface area contributed by atoms with Gasteiger partial charge in [-0.1, -0.05) is 107 Å². The normalized spacial score (nSPS) is 13.8. The Morgan fingerprint density at radius 3 is 1.28 bits per heavy atom. The molecule has 4 aromatic rings. The molecule has 0 aliphatic heterocycles. The molecule has 0 nitrogen and oxygen atoms in total. The Morgan fingerprint density at radius 1 is 0.448 bits per heavy atom. The van der Waals surface area contributed by atoms with Gasteiger partial charge in [0, 0.05) is 0 Å². The predicted molar refractivity (Wildman–Crippen MR) is 123 cm³/mol. The van der Waals surface area contributed by atoms with Crippen molar-refractivity contribution in [1.29, 1.82) is 0 Å². The molecule has 0 aromatic heterocycles. The van der Waals surface area contributed by atoms with E-state index in [-0.39, 0.29) is 5.41 Å². The van der Waals surface area contributed by atoms with Crippen molar-refractivity contribution in [2.75, 3.05) is 0 Å². The van der Waals surface area contributed by atoms with E-state index in [2.05, 4.69) is 113 Å². The van der Waals surface area contributed by atoms with Crippen molar-refractivity contribution in [3.63, 3.8) is 0 Å². The Kier molecular flexibility index (Phi) is 3.99. The summed E-state index contributed by atoms with van der Waals surface area (Å²) < 4.78 is 0. The molecule has 142 valence electrons. The van der Waals surface area contributed by atoms with Crippen LogP contribution in [-0.2, 0) is 5.41 Å². The van der Waals surface area contributed by atoms with Gasteiger partial charge in [-0.05, 0) is 61.1 Å². The fraction of sp³-hybridized carbons (Fsp3) is 0.172. The van der Waals surface area contributed by atoms with Gasteiger partial charge >= 0.3 is 0 Å². The van der Waals surface area contributed by atoms with Crippen LogP contribution in [0.3, 0.4) is 0 Å². The van der Waals surface area contributed by atoms with Crippen molar-refractivity contribution in [3.8, 4) is 11.1 Å². The number of hydrogen-bond donors (Lipinski definition) is 0. The predicted octanol–water partition coefficient (Wildman–Crippen LogP) is 7.28. The molecular weight excluding hydrogens is 348 g/mol. The summed E-state index contributed by atoms with van der Waals surface area (Å²) in [5.74, 6) is 0. The Balaban J connectivity index is 2.01. The van der Waals surface area contributed by atoms with Crippen molar-refractivity contribution in [2.24, 2.45) is 0 Å². The summed E-state index contributed by atoms with van der Waals surface area (Å²) in [5, 5.41) is 0. The third-order valence-electron chi connectivity index (χ3n) is 6.35. The van der Waals surface area contributed by atoms with E-state index >= 15 is 0 Å². The Bertz CT molecular complexity index is 1140. The number of fused-ring (bicyclic) bond motifs is 3. The van der Waals surface area contributed by atoms with Gasteiger partial charge in [-0.2, -0.15) is 0 Å². The van der Waals surface area contributed by atoms with Crippen molar-refractivity contribution in [3.05, 3.63) is 129 Å². The Morgan fingerprint density at radius 2 is 0.862 bits per heavy atom. The standard InChI is InChI=1S/C29H26/c1-19-7-5-9-23(15-19)29(24-10-6-8-20(2)16-24)27-17-21(3)11-13-25(27)26-14-12-22(4)18-28(26)29/h5-18H,1-4H3. The van der Waals surface area contributed by atoms with Crippen molar-refractivity contribution < 1.29 is 0 Å². The molecule has 0 fully saturated rings. The van der Waals surface area contributed by atoms with E-state index in [0.717, 1.165) is 0 Å². The van der Waals surface area contributed by atoms with Crippen LogP contribution >= 0.6 is 0 Å². The lowest BCUT2D eigenvalue weighted by atomic mass is 9.67. The number of hydrogen-bond acceptors (Lipinski definition) is 0. The monoisotopic (exact) mass is 374 g/mol. The Hall–Kier alpha value is -3.12. The highest BCUT2D eigenvalue weighted by molar-refractivity contribution is 5.86. The van der Waals surface area contributed by atoms with E-state index in [4.69, 9.17) is 0 Å². The van der Waals surface area contributed by atoms with Gasteiger partial charge < -0.3 is 0 Å². The van der Waals surface area contributed by atoms with E-state index in [1.54, 1.807) is 0 Å². The molecule has 0 heterocycles. The van der Waals surface area contributed by atoms with E-state index < -0.39 is 0 Å². The number of aryl methyl sites for hydroxylation is 4. The largest absolute Gasteiger partial charge is 0.0713 e. The van der Waals surface area contributed by atoms with E-state index in [9.17, 15) is 0 Å². The molecule has 5 rings (SSSR count). The van der Waals surface area contributed by atoms with Crippen molar-refractivity contribution >= 4 is 0 Å². The molecule has 0 unspecified atom stereocenters. The molecule has 1 aliphatic rings. The molecule has 0 saturated heterocycles. The zero-order chi connectivity index (χ0) is 20.2. The minimum atomic E-state index is -0.291. The van der Waals surface area contributed by atoms with Crippen LogP contribution < -0.4 is 0 Å². The van der Waals surface area contributed by atoms with Crippen LogP contribution in [0.4, 0.5) is 0 Å². The summed E-state index contributed by atoms with van der Waals surface area (Å²) in [6, 6.07) is 32.0. The molecule has 0 heteroatoms. The van der Waals surface area contributed by atoms with Crippen LogP contribution in [0.5, 0.6) is 0 Å². The Labute approximate surface area is 173 Å². The first kappa shape index (κ1) is 17.9. The van der Waals surface area contributed by atoms with Crippen LogP contribution in [0, 0.1) is 27.7 Å². The smallest absolute Gasteiger partial charge is 0.0617 e. The SMILES string of the molecule is Cc1cccc(C2(c3cccc(C)c3)c3cc(C)ccc3-c3ccc(C)cc32)c1. The lowest BCUT2D eigenvalue weighted by Crippen LogP contribution is -2.29. The van der Waals surface area contributed by atoms with E-state index in [1.807, 2.05) is 0 Å². The van der Waals surface area contributed by atoms with Crippen LogP contribution in [0.15, 0.2) is 84.9 Å². The van der Waals surface area contributed by atoms with Gasteiger partial charge in [-0.3, -0.25) is 0 Å². The second-order valence-electron chi connectivity index (χ2n) is 8.59. The van der Waals surface area contributed by atoms with E-state index in [0.29, 0.717) is 0 Å². The summed E-state index contributed by atoms with van der Waals surface area (Å²) in [6.45, 7) is 8.78. The minimum Gasteiger partial charge on any atom is -0.0617 e. The molecule has 0 spiro atoms. The average molecular weight is 375 g/mol. The summed E-state index contributed by atoms with van der Waals surface area (Å²) in [5.41, 5.74) is 13.1. The summed E-state index contributed by atoms with van der Waals surface area (Å²) in [6.07, 6.45) is 0. The highest BCUT2D eigenvalue weighted by Crippen LogP contribution is 2.56. The maximum atomic E-state index is 2.40. The lowest BCUT2D eigenvalue weighted by molar-refractivity contribution is 0.764. The van der Waals surface area contributed by atoms with Gasteiger partial charge in [0.05, 0.1) is 5.41 Å². The maximum Gasteiger partial charge on any atom is 0.0713 e. The first-order valence-electron chi connectivity index (χ1n) is 10.4. The molecule has 0 saturated carbocycles. The van der Waals surface area contributed by atoms with Gasteiger partial charge in [0.1, 0.15) is 0 Å². The van der Waals surface area contributed by atoms with Crippen molar-refractivity contribution in [1.82, 2.24) is 0 Å². The fourth-order valence-corrected chi connectivity index (χ4v) is 5.10. The lowest BCUT2D eigenvalue weighted by Gasteiger charge is -2.34. The third-order valence-corrected chi connectivity index (χ3v) is 6.35. The second kappa shape index (κ2) is 6.46. The average Bonchev–Trinajstić information content (AvgIpc) is 2.97.